The summed E-state index contributed by atoms with van der Waals surface area (Å²) >= 11 is 1.23. The Balaban J connectivity index is 0.00000294. The molecule has 7 nitrogen and oxygen atoms in total. The van der Waals surface area contributed by atoms with Gasteiger partial charge in [-0.25, -0.2) is 13.4 Å². The van der Waals surface area contributed by atoms with E-state index < -0.39 is 10.0 Å². The van der Waals surface area contributed by atoms with Crippen LogP contribution in [0.25, 0.3) is 0 Å². The number of hydrogen-bond acceptors (Lipinski definition) is 7. The van der Waals surface area contributed by atoms with Gasteiger partial charge in [0.25, 0.3) is 10.0 Å². The highest BCUT2D eigenvalue weighted by Crippen LogP contribution is 2.34. The molecule has 1 aromatic heterocycles. The summed E-state index contributed by atoms with van der Waals surface area (Å²) in [5.74, 6) is 0.912. The molecular formula is C30H44Cl2N4O3S2. The molecule has 0 spiro atoms. The topological polar surface area (TPSA) is 83.6 Å². The van der Waals surface area contributed by atoms with Gasteiger partial charge >= 0.3 is 0 Å². The average Bonchev–Trinajstić information content (AvgIpc) is 3.25. The van der Waals surface area contributed by atoms with Crippen LogP contribution in [0.3, 0.4) is 0 Å². The number of nitrogens with zero attached hydrogens (tertiary/aromatic N) is 2. The molecule has 11 heteroatoms. The summed E-state index contributed by atoms with van der Waals surface area (Å²) < 4.78 is 35.9. The van der Waals surface area contributed by atoms with Crippen LogP contribution in [-0.4, -0.2) is 38.6 Å². The van der Waals surface area contributed by atoms with Gasteiger partial charge in [-0.15, -0.1) is 36.2 Å². The van der Waals surface area contributed by atoms with Crippen LogP contribution >= 0.6 is 36.2 Å². The molecule has 2 heterocycles. The van der Waals surface area contributed by atoms with Gasteiger partial charge in [0.15, 0.2) is 4.21 Å². The van der Waals surface area contributed by atoms with Gasteiger partial charge in [0.1, 0.15) is 5.75 Å². The SMILES string of the molecule is Cc1nc(C)c(S(=O)(=O)N(CC(C)C)c2ccc(OC(C)C)c(CN[C@H]3CCCN[C@H]3c3ccccc3)c2)s1.Cl.Cl. The van der Waals surface area contributed by atoms with E-state index in [-0.39, 0.29) is 48.9 Å². The zero-order chi connectivity index (χ0) is 28.2. The minimum Gasteiger partial charge on any atom is -0.491 e. The summed E-state index contributed by atoms with van der Waals surface area (Å²) in [4.78, 5) is 4.39. The number of nitrogens with one attached hydrogen (secondary N) is 2. The van der Waals surface area contributed by atoms with Crippen molar-refractivity contribution in [3.63, 3.8) is 0 Å². The van der Waals surface area contributed by atoms with Gasteiger partial charge < -0.3 is 15.4 Å². The maximum Gasteiger partial charge on any atom is 0.275 e. The lowest BCUT2D eigenvalue weighted by Gasteiger charge is -2.34. The highest BCUT2D eigenvalue weighted by atomic mass is 35.5. The maximum absolute atomic E-state index is 13.9. The molecule has 1 aliphatic rings. The first-order valence-electron chi connectivity index (χ1n) is 13.8. The van der Waals surface area contributed by atoms with Crippen molar-refractivity contribution in [3.8, 4) is 5.75 Å². The van der Waals surface area contributed by atoms with Gasteiger partial charge in [0.2, 0.25) is 0 Å². The molecule has 4 rings (SSSR count). The largest absolute Gasteiger partial charge is 0.491 e. The molecule has 0 aliphatic carbocycles. The van der Waals surface area contributed by atoms with E-state index in [2.05, 4.69) is 39.9 Å². The first-order valence-corrected chi connectivity index (χ1v) is 16.1. The van der Waals surface area contributed by atoms with Gasteiger partial charge in [-0.1, -0.05) is 44.2 Å². The Kier molecular flexibility index (Phi) is 13.4. The van der Waals surface area contributed by atoms with E-state index in [1.54, 1.807) is 6.92 Å². The van der Waals surface area contributed by atoms with Crippen LogP contribution in [0.1, 0.15) is 68.4 Å². The number of sulfonamides is 1. The zero-order valence-corrected chi connectivity index (χ0v) is 28.0. The number of hydrogen-bond donors (Lipinski definition) is 2. The number of benzene rings is 2. The van der Waals surface area contributed by atoms with Crippen molar-refractivity contribution in [2.24, 2.45) is 5.92 Å². The Bertz CT molecular complexity index is 1350. The molecule has 0 unspecified atom stereocenters. The van der Waals surface area contributed by atoms with Crippen molar-refractivity contribution in [3.05, 3.63) is 70.4 Å². The predicted molar refractivity (Wildman–Crippen MR) is 175 cm³/mol. The summed E-state index contributed by atoms with van der Waals surface area (Å²) in [6.45, 7) is 13.6. The van der Waals surface area contributed by atoms with E-state index >= 15 is 0 Å². The van der Waals surface area contributed by atoms with E-state index in [0.717, 1.165) is 35.7 Å². The summed E-state index contributed by atoms with van der Waals surface area (Å²) in [6.07, 6.45) is 2.16. The molecule has 2 aromatic carbocycles. The summed E-state index contributed by atoms with van der Waals surface area (Å²) in [7, 11) is -3.77. The van der Waals surface area contributed by atoms with Crippen LogP contribution in [0.15, 0.2) is 52.7 Å². The summed E-state index contributed by atoms with van der Waals surface area (Å²) in [5.41, 5.74) is 3.40. The highest BCUT2D eigenvalue weighted by Gasteiger charge is 2.31. The number of piperidine rings is 1. The van der Waals surface area contributed by atoms with Gasteiger partial charge in [-0.2, -0.15) is 0 Å². The molecule has 41 heavy (non-hydrogen) atoms. The molecule has 228 valence electrons. The van der Waals surface area contributed by atoms with E-state index in [1.807, 2.05) is 58.9 Å². The summed E-state index contributed by atoms with van der Waals surface area (Å²) in [5, 5.41) is 8.20. The molecule has 2 N–H and O–H groups in total. The zero-order valence-electron chi connectivity index (χ0n) is 24.7. The number of aryl methyl sites for hydroxylation is 2. The average molecular weight is 644 g/mol. The molecule has 1 saturated heterocycles. The van der Waals surface area contributed by atoms with Crippen molar-refractivity contribution >= 4 is 51.9 Å². The predicted octanol–water partition coefficient (Wildman–Crippen LogP) is 6.82. The second-order valence-electron chi connectivity index (χ2n) is 11.0. The van der Waals surface area contributed by atoms with E-state index in [0.29, 0.717) is 28.7 Å². The third-order valence-electron chi connectivity index (χ3n) is 6.78. The fourth-order valence-corrected chi connectivity index (χ4v) is 8.32. The molecule has 0 amide bonds. The van der Waals surface area contributed by atoms with Crippen LogP contribution in [0, 0.1) is 19.8 Å². The number of thiazole rings is 1. The number of aromatic nitrogens is 1. The minimum absolute atomic E-state index is 0. The Morgan fingerprint density at radius 1 is 1.10 bits per heavy atom. The van der Waals surface area contributed by atoms with Crippen molar-refractivity contribution < 1.29 is 13.2 Å². The molecular weight excluding hydrogens is 599 g/mol. The minimum atomic E-state index is -3.77. The number of anilines is 1. The Morgan fingerprint density at radius 2 is 1.80 bits per heavy atom. The molecule has 1 aliphatic heterocycles. The van der Waals surface area contributed by atoms with Gasteiger partial charge in [-0.3, -0.25) is 4.31 Å². The summed E-state index contributed by atoms with van der Waals surface area (Å²) in [6, 6.07) is 16.7. The lowest BCUT2D eigenvalue weighted by molar-refractivity contribution is 0.238. The van der Waals surface area contributed by atoms with E-state index in [1.165, 1.54) is 21.2 Å². The lowest BCUT2D eigenvalue weighted by Crippen LogP contribution is -2.45. The van der Waals surface area contributed by atoms with Crippen LogP contribution < -0.4 is 19.7 Å². The molecule has 0 bridgehead atoms. The molecule has 2 atom stereocenters. The normalized spacial score (nSPS) is 17.2. The first kappa shape index (κ1) is 35.3. The third kappa shape index (κ3) is 8.81. The quantitative estimate of drug-likeness (QED) is 0.239. The number of ether oxygens (including phenoxy) is 1. The molecule has 0 radical (unpaired) electrons. The van der Waals surface area contributed by atoms with Gasteiger partial charge in [0.05, 0.1) is 22.5 Å². The first-order chi connectivity index (χ1) is 18.6. The standard InChI is InChI=1S/C30H42N4O3S2.2ClH/c1-20(2)19-34(39(35,36)30-22(5)33-23(6)38-30)26-14-15-28(37-21(3)4)25(17-26)18-32-27-13-10-16-31-29(27)24-11-8-7-9-12-24;;/h7-9,11-12,14-15,17,20-21,27,29,31-32H,10,13,16,18-19H2,1-6H3;2*1H/t27-,29-;;/m0../s1. The van der Waals surface area contributed by atoms with Crippen LogP contribution in [0.5, 0.6) is 5.75 Å². The van der Waals surface area contributed by atoms with Crippen molar-refractivity contribution in [2.45, 2.75) is 83.3 Å². The third-order valence-corrected chi connectivity index (χ3v) is 10.2. The lowest BCUT2D eigenvalue weighted by atomic mass is 9.92. The van der Waals surface area contributed by atoms with Gasteiger partial charge in [0, 0.05) is 30.7 Å². The molecule has 1 fully saturated rings. The van der Waals surface area contributed by atoms with Gasteiger partial charge in [-0.05, 0) is 76.8 Å². The number of rotatable bonds is 11. The molecule has 3 aromatic rings. The van der Waals surface area contributed by atoms with Crippen molar-refractivity contribution in [1.29, 1.82) is 0 Å². The van der Waals surface area contributed by atoms with Crippen molar-refractivity contribution in [2.75, 3.05) is 17.4 Å². The number of halogens is 2. The Labute approximate surface area is 262 Å². The van der Waals surface area contributed by atoms with E-state index in [9.17, 15) is 8.42 Å². The maximum atomic E-state index is 13.9. The monoisotopic (exact) mass is 642 g/mol. The van der Waals surface area contributed by atoms with Crippen LogP contribution in [0.4, 0.5) is 5.69 Å². The molecule has 0 saturated carbocycles. The Morgan fingerprint density at radius 3 is 2.41 bits per heavy atom. The van der Waals surface area contributed by atoms with E-state index in [4.69, 9.17) is 4.74 Å². The second-order valence-corrected chi connectivity index (χ2v) is 14.2. The second kappa shape index (κ2) is 15.5. The fraction of sp³-hybridized carbons (Fsp3) is 0.500. The Hall–Kier alpha value is -1.88. The van der Waals surface area contributed by atoms with Crippen LogP contribution in [-0.2, 0) is 16.6 Å². The highest BCUT2D eigenvalue weighted by molar-refractivity contribution is 7.94. The fourth-order valence-electron chi connectivity index (χ4n) is 5.11. The van der Waals surface area contributed by atoms with Crippen molar-refractivity contribution in [1.82, 2.24) is 15.6 Å². The smallest absolute Gasteiger partial charge is 0.275 e. The van der Waals surface area contributed by atoms with Crippen LogP contribution in [0.2, 0.25) is 0 Å².